The molecule has 2 aliphatic heterocycles. The van der Waals surface area contributed by atoms with E-state index in [2.05, 4.69) is 18.9 Å². The molecule has 2 heterocycles. The molecule has 2 fully saturated rings. The Morgan fingerprint density at radius 1 is 1.03 bits per heavy atom. The molecule has 3 rings (SSSR count). The van der Waals surface area contributed by atoms with Gasteiger partial charge < -0.3 is 24.9 Å². The Morgan fingerprint density at radius 2 is 1.60 bits per heavy atom. The summed E-state index contributed by atoms with van der Waals surface area (Å²) in [5.74, 6) is 0.271. The smallest absolute Gasteiger partial charge is 0.290 e. The number of carbonyl (C=O) groups excluding carboxylic acids is 2. The third-order valence-electron chi connectivity index (χ3n) is 6.13. The van der Waals surface area contributed by atoms with E-state index in [0.29, 0.717) is 31.7 Å². The fraction of sp³-hybridized carbons (Fsp3) is 0.591. The van der Waals surface area contributed by atoms with Crippen molar-refractivity contribution in [3.8, 4) is 5.75 Å². The molecule has 2 N–H and O–H groups in total. The zero-order valence-electron chi connectivity index (χ0n) is 18.1. The van der Waals surface area contributed by atoms with Crippen molar-refractivity contribution >= 4 is 18.3 Å². The molecule has 0 saturated carbocycles. The molecule has 2 saturated heterocycles. The molecule has 0 spiro atoms. The highest BCUT2D eigenvalue weighted by atomic mass is 16.3. The second-order valence-corrected chi connectivity index (χ2v) is 8.41. The third kappa shape index (κ3) is 5.72. The largest absolute Gasteiger partial charge is 0.508 e. The number of hydrogen-bond donors (Lipinski definition) is 2. The van der Waals surface area contributed by atoms with Crippen LogP contribution in [0.4, 0.5) is 0 Å². The lowest BCUT2D eigenvalue weighted by Gasteiger charge is -2.39. The van der Waals surface area contributed by atoms with Crippen LogP contribution in [0.1, 0.15) is 42.1 Å². The van der Waals surface area contributed by atoms with E-state index >= 15 is 0 Å². The van der Waals surface area contributed by atoms with E-state index < -0.39 is 0 Å². The van der Waals surface area contributed by atoms with Crippen LogP contribution >= 0.6 is 0 Å². The first-order valence-electron chi connectivity index (χ1n) is 10.4. The molecule has 166 valence electrons. The minimum Gasteiger partial charge on any atom is -0.508 e. The summed E-state index contributed by atoms with van der Waals surface area (Å²) in [5, 5.41) is 16.6. The van der Waals surface area contributed by atoms with Crippen molar-refractivity contribution in [2.75, 3.05) is 46.3 Å². The third-order valence-corrected chi connectivity index (χ3v) is 6.13. The standard InChI is InChI=1S/C21H31N3O3.CH2O2/c1-16-5-6-17(25)15-18(16)19(26)23-9-4-10-24(14-13-23)20(27)21(2)7-11-22(3)12-8-21;2-1-3/h5-6,15,25H,4,7-14H2,1-3H3;1H,(H,2,3). The van der Waals surface area contributed by atoms with E-state index in [9.17, 15) is 14.7 Å². The highest BCUT2D eigenvalue weighted by Crippen LogP contribution is 2.33. The van der Waals surface area contributed by atoms with E-state index in [1.54, 1.807) is 12.1 Å². The maximum atomic E-state index is 13.2. The number of phenols is 1. The summed E-state index contributed by atoms with van der Waals surface area (Å²) in [7, 11) is 2.10. The van der Waals surface area contributed by atoms with Crippen LogP contribution in [0.3, 0.4) is 0 Å². The molecular formula is C22H33N3O5. The summed E-state index contributed by atoms with van der Waals surface area (Å²) in [4.78, 5) is 40.5. The number of hydrogen-bond acceptors (Lipinski definition) is 5. The highest BCUT2D eigenvalue weighted by molar-refractivity contribution is 5.96. The zero-order chi connectivity index (χ0) is 22.3. The fourth-order valence-electron chi connectivity index (χ4n) is 4.04. The number of nitrogens with zero attached hydrogens (tertiary/aromatic N) is 3. The molecule has 0 aliphatic carbocycles. The Morgan fingerprint density at radius 3 is 2.23 bits per heavy atom. The first-order chi connectivity index (χ1) is 14.2. The predicted molar refractivity (Wildman–Crippen MR) is 113 cm³/mol. The van der Waals surface area contributed by atoms with Gasteiger partial charge in [0.15, 0.2) is 0 Å². The molecule has 1 aromatic rings. The molecule has 1 aromatic carbocycles. The van der Waals surface area contributed by atoms with Gasteiger partial charge in [-0.1, -0.05) is 13.0 Å². The molecule has 2 aliphatic rings. The van der Waals surface area contributed by atoms with E-state index in [4.69, 9.17) is 9.90 Å². The molecule has 8 heteroatoms. The molecule has 0 atom stereocenters. The van der Waals surface area contributed by atoms with Crippen molar-refractivity contribution in [1.82, 2.24) is 14.7 Å². The molecule has 2 amide bonds. The monoisotopic (exact) mass is 419 g/mol. The van der Waals surface area contributed by atoms with Crippen LogP contribution in [-0.4, -0.2) is 89.5 Å². The molecule has 30 heavy (non-hydrogen) atoms. The van der Waals surface area contributed by atoms with Gasteiger partial charge in [0.25, 0.3) is 12.4 Å². The molecule has 0 unspecified atom stereocenters. The minimum absolute atomic E-state index is 0.0665. The summed E-state index contributed by atoms with van der Waals surface area (Å²) in [6.45, 7) is 8.08. The van der Waals surface area contributed by atoms with Crippen LogP contribution in [0.25, 0.3) is 0 Å². The van der Waals surface area contributed by atoms with E-state index in [1.165, 1.54) is 6.07 Å². The van der Waals surface area contributed by atoms with Crippen molar-refractivity contribution in [2.45, 2.75) is 33.1 Å². The Bertz CT molecular complexity index is 759. The van der Waals surface area contributed by atoms with Crippen LogP contribution in [-0.2, 0) is 9.59 Å². The molecule has 0 radical (unpaired) electrons. The summed E-state index contributed by atoms with van der Waals surface area (Å²) >= 11 is 0. The molecule has 8 nitrogen and oxygen atoms in total. The van der Waals surface area contributed by atoms with Gasteiger partial charge >= 0.3 is 0 Å². The van der Waals surface area contributed by atoms with Crippen LogP contribution in [0, 0.1) is 12.3 Å². The Kier molecular flexibility index (Phi) is 8.23. The van der Waals surface area contributed by atoms with Crippen LogP contribution in [0.5, 0.6) is 5.75 Å². The van der Waals surface area contributed by atoms with E-state index in [1.807, 2.05) is 16.7 Å². The van der Waals surface area contributed by atoms with Crippen LogP contribution in [0.2, 0.25) is 0 Å². The second kappa shape index (κ2) is 10.4. The van der Waals surface area contributed by atoms with Crippen molar-refractivity contribution in [3.05, 3.63) is 29.3 Å². The number of rotatable bonds is 2. The van der Waals surface area contributed by atoms with Crippen LogP contribution in [0.15, 0.2) is 18.2 Å². The van der Waals surface area contributed by atoms with Crippen molar-refractivity contribution in [1.29, 1.82) is 0 Å². The summed E-state index contributed by atoms with van der Waals surface area (Å²) in [5.41, 5.74) is 1.11. The normalized spacial score (nSPS) is 19.3. The van der Waals surface area contributed by atoms with Crippen molar-refractivity contribution < 1.29 is 24.6 Å². The molecular weight excluding hydrogens is 386 g/mol. The molecule has 0 bridgehead atoms. The van der Waals surface area contributed by atoms with Crippen molar-refractivity contribution in [2.24, 2.45) is 5.41 Å². The van der Waals surface area contributed by atoms with Crippen LogP contribution < -0.4 is 0 Å². The fourth-order valence-corrected chi connectivity index (χ4v) is 4.04. The summed E-state index contributed by atoms with van der Waals surface area (Å²) in [6.07, 6.45) is 2.57. The summed E-state index contributed by atoms with van der Waals surface area (Å²) < 4.78 is 0. The topological polar surface area (TPSA) is 101 Å². The number of piperidine rings is 1. The Hall–Kier alpha value is -2.61. The van der Waals surface area contributed by atoms with E-state index in [-0.39, 0.29) is 29.5 Å². The maximum absolute atomic E-state index is 13.2. The van der Waals surface area contributed by atoms with Gasteiger partial charge in [-0.25, -0.2) is 0 Å². The van der Waals surface area contributed by atoms with Gasteiger partial charge in [0.1, 0.15) is 5.75 Å². The van der Waals surface area contributed by atoms with Gasteiger partial charge in [-0.2, -0.15) is 0 Å². The number of aromatic hydroxyl groups is 1. The highest BCUT2D eigenvalue weighted by Gasteiger charge is 2.39. The number of carboxylic acid groups (broad SMARTS) is 1. The van der Waals surface area contributed by atoms with Gasteiger partial charge in [-0.05, 0) is 64.0 Å². The van der Waals surface area contributed by atoms with Crippen molar-refractivity contribution in [3.63, 3.8) is 0 Å². The van der Waals surface area contributed by atoms with Gasteiger partial charge in [0, 0.05) is 37.2 Å². The Labute approximate surface area is 178 Å². The Balaban J connectivity index is 0.00000101. The number of amides is 2. The van der Waals surface area contributed by atoms with Gasteiger partial charge in [-0.3, -0.25) is 14.4 Å². The SMILES string of the molecule is Cc1ccc(O)cc1C(=O)N1CCCN(C(=O)C2(C)CCN(C)CC2)CC1.O=CO. The van der Waals surface area contributed by atoms with Gasteiger partial charge in [0.2, 0.25) is 5.91 Å². The number of likely N-dealkylation sites (tertiary alicyclic amines) is 1. The lowest BCUT2D eigenvalue weighted by molar-refractivity contribution is -0.143. The first-order valence-corrected chi connectivity index (χ1v) is 10.4. The summed E-state index contributed by atoms with van der Waals surface area (Å²) in [6, 6.07) is 4.89. The van der Waals surface area contributed by atoms with Gasteiger partial charge in [-0.15, -0.1) is 0 Å². The number of carbonyl (C=O) groups is 3. The lowest BCUT2D eigenvalue weighted by Crippen LogP contribution is -2.49. The minimum atomic E-state index is -0.284. The quantitative estimate of drug-likeness (QED) is 0.709. The first kappa shape index (κ1) is 23.7. The number of benzene rings is 1. The lowest BCUT2D eigenvalue weighted by atomic mass is 9.79. The predicted octanol–water partition coefficient (Wildman–Crippen LogP) is 1.81. The number of aryl methyl sites for hydroxylation is 1. The van der Waals surface area contributed by atoms with Gasteiger partial charge in [0.05, 0.1) is 0 Å². The van der Waals surface area contributed by atoms with E-state index in [0.717, 1.165) is 37.9 Å². The number of phenolic OH excluding ortho intramolecular Hbond substituents is 1. The zero-order valence-corrected chi connectivity index (χ0v) is 18.1. The second-order valence-electron chi connectivity index (χ2n) is 8.41. The maximum Gasteiger partial charge on any atom is 0.290 e. The average Bonchev–Trinajstić information content (AvgIpc) is 2.98. The molecule has 0 aromatic heterocycles. The average molecular weight is 420 g/mol.